The summed E-state index contributed by atoms with van der Waals surface area (Å²) in [5, 5.41) is 14.2. The summed E-state index contributed by atoms with van der Waals surface area (Å²) in [6.45, 7) is 2.69. The number of benzene rings is 1. The Labute approximate surface area is 159 Å². The lowest BCUT2D eigenvalue weighted by atomic mass is 9.86. The molecule has 1 heterocycles. The van der Waals surface area contributed by atoms with E-state index in [0.29, 0.717) is 12.0 Å². The van der Waals surface area contributed by atoms with E-state index in [1.807, 2.05) is 6.07 Å². The topological polar surface area (TPSA) is 70.8 Å². The molecule has 7 heteroatoms. The van der Waals surface area contributed by atoms with E-state index in [-0.39, 0.29) is 34.6 Å². The van der Waals surface area contributed by atoms with E-state index in [0.717, 1.165) is 24.6 Å². The molecule has 1 saturated carbocycles. The zero-order valence-corrected chi connectivity index (χ0v) is 16.4. The minimum Gasteiger partial charge on any atom is -0.352 e. The van der Waals surface area contributed by atoms with Gasteiger partial charge in [-0.25, -0.2) is 0 Å². The second kappa shape index (κ2) is 8.13. The molecule has 0 amide bonds. The first-order valence-electron chi connectivity index (χ1n) is 8.31. The fraction of sp³-hybridized carbons (Fsp3) is 0.588. The van der Waals surface area contributed by atoms with E-state index in [2.05, 4.69) is 15.2 Å². The van der Waals surface area contributed by atoms with E-state index in [4.69, 9.17) is 0 Å². The van der Waals surface area contributed by atoms with Crippen LogP contribution in [-0.2, 0) is 6.54 Å². The number of nitro benzene ring substituents is 1. The molecule has 0 atom stereocenters. The summed E-state index contributed by atoms with van der Waals surface area (Å²) in [5.41, 5.74) is 1.53. The summed E-state index contributed by atoms with van der Waals surface area (Å²) in [6.07, 6.45) is 6.64. The molecule has 6 nitrogen and oxygen atoms in total. The number of aliphatic imine (C=N–C) groups is 1. The highest BCUT2D eigenvalue weighted by Gasteiger charge is 2.41. The van der Waals surface area contributed by atoms with Gasteiger partial charge in [-0.05, 0) is 30.2 Å². The maximum atomic E-state index is 10.9. The number of nitrogens with one attached hydrogen (secondary N) is 1. The van der Waals surface area contributed by atoms with Crippen LogP contribution in [0.15, 0.2) is 29.3 Å². The van der Waals surface area contributed by atoms with Crippen LogP contribution in [0.5, 0.6) is 0 Å². The van der Waals surface area contributed by atoms with Gasteiger partial charge in [-0.1, -0.05) is 25.0 Å². The van der Waals surface area contributed by atoms with Gasteiger partial charge in [0.05, 0.1) is 4.92 Å². The van der Waals surface area contributed by atoms with Crippen LogP contribution >= 0.6 is 24.0 Å². The first kappa shape index (κ1) is 19.0. The van der Waals surface area contributed by atoms with E-state index in [9.17, 15) is 10.1 Å². The molecular weight excluding hydrogens is 419 g/mol. The summed E-state index contributed by atoms with van der Waals surface area (Å²) in [5.74, 6) is 0.903. The van der Waals surface area contributed by atoms with Gasteiger partial charge in [0.2, 0.25) is 0 Å². The molecular formula is C17H25IN4O2. The van der Waals surface area contributed by atoms with Gasteiger partial charge in [-0.2, -0.15) is 0 Å². The SMILES string of the molecule is CN=C(NCc1cccc([N+](=O)[O-])c1)N1CCC2(CCCC2)C1.I. The molecule has 1 aliphatic carbocycles. The minimum absolute atomic E-state index is 0. The third kappa shape index (κ3) is 4.17. The van der Waals surface area contributed by atoms with Crippen molar-refractivity contribution in [1.29, 1.82) is 0 Å². The normalized spacial score (nSPS) is 19.4. The number of guanidine groups is 1. The zero-order chi connectivity index (χ0) is 16.3. The van der Waals surface area contributed by atoms with Crippen LogP contribution in [0.2, 0.25) is 0 Å². The van der Waals surface area contributed by atoms with Crippen molar-refractivity contribution in [2.45, 2.75) is 38.6 Å². The summed E-state index contributed by atoms with van der Waals surface area (Å²) >= 11 is 0. The van der Waals surface area contributed by atoms with Crippen LogP contribution in [0, 0.1) is 15.5 Å². The van der Waals surface area contributed by atoms with E-state index < -0.39 is 0 Å². The molecule has 1 aromatic carbocycles. The molecule has 1 aromatic rings. The standard InChI is InChI=1S/C17H24N4O2.HI/c1-18-16(20-10-9-17(13-20)7-2-3-8-17)19-12-14-5-4-6-15(11-14)21(22)23;/h4-6,11H,2-3,7-10,12-13H2,1H3,(H,18,19);1H. The molecule has 0 unspecified atom stereocenters. The van der Waals surface area contributed by atoms with Gasteiger partial charge in [0.1, 0.15) is 0 Å². The zero-order valence-electron chi connectivity index (χ0n) is 14.0. The molecule has 0 aromatic heterocycles. The summed E-state index contributed by atoms with van der Waals surface area (Å²) in [6, 6.07) is 6.75. The fourth-order valence-electron chi connectivity index (χ4n) is 3.94. The van der Waals surface area contributed by atoms with Crippen molar-refractivity contribution >= 4 is 35.6 Å². The Bertz CT molecular complexity index is 614. The third-order valence-corrected chi connectivity index (χ3v) is 5.19. The highest BCUT2D eigenvalue weighted by molar-refractivity contribution is 14.0. The Morgan fingerprint density at radius 3 is 2.79 bits per heavy atom. The Hall–Kier alpha value is -1.38. The maximum absolute atomic E-state index is 10.9. The summed E-state index contributed by atoms with van der Waals surface area (Å²) in [7, 11) is 1.80. The van der Waals surface area contributed by atoms with Crippen molar-refractivity contribution in [2.24, 2.45) is 10.4 Å². The molecule has 1 N–H and O–H groups in total. The Kier molecular flexibility index (Phi) is 6.42. The number of halogens is 1. The molecule has 132 valence electrons. The number of rotatable bonds is 3. The van der Waals surface area contributed by atoms with Crippen LogP contribution in [0.25, 0.3) is 0 Å². The van der Waals surface area contributed by atoms with Crippen LogP contribution < -0.4 is 5.32 Å². The minimum atomic E-state index is -0.358. The predicted molar refractivity (Wildman–Crippen MR) is 106 cm³/mol. The van der Waals surface area contributed by atoms with Gasteiger partial charge in [-0.3, -0.25) is 15.1 Å². The highest BCUT2D eigenvalue weighted by Crippen LogP contribution is 2.45. The average Bonchev–Trinajstić information content (AvgIpc) is 3.19. The first-order valence-corrected chi connectivity index (χ1v) is 8.31. The van der Waals surface area contributed by atoms with E-state index in [1.54, 1.807) is 19.2 Å². The molecule has 2 fully saturated rings. The number of hydrogen-bond acceptors (Lipinski definition) is 3. The number of hydrogen-bond donors (Lipinski definition) is 1. The van der Waals surface area contributed by atoms with Crippen molar-refractivity contribution in [2.75, 3.05) is 20.1 Å². The van der Waals surface area contributed by atoms with Crippen molar-refractivity contribution in [3.63, 3.8) is 0 Å². The molecule has 1 spiro atoms. The molecule has 0 bridgehead atoms. The van der Waals surface area contributed by atoms with Crippen LogP contribution in [0.3, 0.4) is 0 Å². The number of nitro groups is 1. The van der Waals surface area contributed by atoms with Crippen molar-refractivity contribution in [3.05, 3.63) is 39.9 Å². The third-order valence-electron chi connectivity index (χ3n) is 5.19. The predicted octanol–water partition coefficient (Wildman–Crippen LogP) is 3.55. The highest BCUT2D eigenvalue weighted by atomic mass is 127. The lowest BCUT2D eigenvalue weighted by molar-refractivity contribution is -0.384. The van der Waals surface area contributed by atoms with Gasteiger partial charge < -0.3 is 10.2 Å². The quantitative estimate of drug-likeness (QED) is 0.255. The van der Waals surface area contributed by atoms with Gasteiger partial charge in [0.25, 0.3) is 5.69 Å². The number of likely N-dealkylation sites (tertiary alicyclic amines) is 1. The van der Waals surface area contributed by atoms with Crippen LogP contribution in [0.1, 0.15) is 37.7 Å². The van der Waals surface area contributed by atoms with Crippen LogP contribution in [0.4, 0.5) is 5.69 Å². The lowest BCUT2D eigenvalue weighted by Crippen LogP contribution is -2.40. The largest absolute Gasteiger partial charge is 0.352 e. The van der Waals surface area contributed by atoms with Crippen molar-refractivity contribution in [1.82, 2.24) is 10.2 Å². The molecule has 1 saturated heterocycles. The van der Waals surface area contributed by atoms with Gasteiger partial charge in [0, 0.05) is 38.8 Å². The molecule has 0 radical (unpaired) electrons. The molecule has 3 rings (SSSR count). The molecule has 2 aliphatic rings. The van der Waals surface area contributed by atoms with Crippen molar-refractivity contribution in [3.8, 4) is 0 Å². The van der Waals surface area contributed by atoms with Gasteiger partial charge >= 0.3 is 0 Å². The van der Waals surface area contributed by atoms with E-state index in [1.165, 1.54) is 38.2 Å². The Morgan fingerprint density at radius 1 is 1.38 bits per heavy atom. The van der Waals surface area contributed by atoms with Crippen LogP contribution in [-0.4, -0.2) is 35.9 Å². The first-order chi connectivity index (χ1) is 11.1. The second-order valence-corrected chi connectivity index (χ2v) is 6.71. The molecule has 24 heavy (non-hydrogen) atoms. The summed E-state index contributed by atoms with van der Waals surface area (Å²) in [4.78, 5) is 17.2. The van der Waals surface area contributed by atoms with Gasteiger partial charge in [0.15, 0.2) is 5.96 Å². The number of non-ortho nitro benzene ring substituents is 1. The Balaban J connectivity index is 0.00000208. The smallest absolute Gasteiger partial charge is 0.269 e. The van der Waals surface area contributed by atoms with Crippen molar-refractivity contribution < 1.29 is 4.92 Å². The second-order valence-electron chi connectivity index (χ2n) is 6.71. The lowest BCUT2D eigenvalue weighted by Gasteiger charge is -2.25. The van der Waals surface area contributed by atoms with E-state index >= 15 is 0 Å². The van der Waals surface area contributed by atoms with Gasteiger partial charge in [-0.15, -0.1) is 24.0 Å². The maximum Gasteiger partial charge on any atom is 0.269 e. The fourth-order valence-corrected chi connectivity index (χ4v) is 3.94. The number of nitrogens with zero attached hydrogens (tertiary/aromatic N) is 3. The average molecular weight is 444 g/mol. The summed E-state index contributed by atoms with van der Waals surface area (Å²) < 4.78 is 0. The Morgan fingerprint density at radius 2 is 2.12 bits per heavy atom. The molecule has 1 aliphatic heterocycles. The monoisotopic (exact) mass is 444 g/mol.